The molecule has 0 radical (unpaired) electrons. The Bertz CT molecular complexity index is 1070. The summed E-state index contributed by atoms with van der Waals surface area (Å²) in [5.41, 5.74) is 4.62. The normalized spacial score (nSPS) is 15.0. The molecule has 0 unspecified atom stereocenters. The highest BCUT2D eigenvalue weighted by Crippen LogP contribution is 2.20. The molecule has 3 heterocycles. The standard InChI is InChI=1S/C22H28N6O2/c1-15-22(16(2)26(3)25-15)24-20(29)14-27-8-10-28(11-9-27)21(30)12-17-13-23-19-7-5-4-6-18(17)19/h4-7,13,23H,8-12,14H2,1-3H3,(H,24,29). The number of H-pyrrole nitrogens is 1. The van der Waals surface area contributed by atoms with Crippen molar-refractivity contribution >= 4 is 28.4 Å². The molecule has 2 aromatic heterocycles. The lowest BCUT2D eigenvalue weighted by molar-refractivity contribution is -0.132. The van der Waals surface area contributed by atoms with Crippen LogP contribution in [0.5, 0.6) is 0 Å². The fourth-order valence-electron chi connectivity index (χ4n) is 4.04. The molecule has 2 N–H and O–H groups in total. The Morgan fingerprint density at radius 1 is 1.13 bits per heavy atom. The molecule has 0 atom stereocenters. The van der Waals surface area contributed by atoms with Crippen LogP contribution >= 0.6 is 0 Å². The summed E-state index contributed by atoms with van der Waals surface area (Å²) in [6.07, 6.45) is 2.32. The molecule has 4 rings (SSSR count). The number of aromatic nitrogens is 3. The summed E-state index contributed by atoms with van der Waals surface area (Å²) in [6.45, 7) is 6.81. The third-order valence-corrected chi connectivity index (χ3v) is 5.88. The first kappa shape index (κ1) is 20.2. The van der Waals surface area contributed by atoms with Crippen LogP contribution < -0.4 is 5.32 Å². The molecule has 8 nitrogen and oxygen atoms in total. The lowest BCUT2D eigenvalue weighted by Gasteiger charge is -2.34. The number of nitrogens with one attached hydrogen (secondary N) is 2. The van der Waals surface area contributed by atoms with Gasteiger partial charge in [0.25, 0.3) is 0 Å². The number of aromatic amines is 1. The van der Waals surface area contributed by atoms with Gasteiger partial charge in [-0.1, -0.05) is 18.2 Å². The van der Waals surface area contributed by atoms with E-state index in [1.54, 1.807) is 4.68 Å². The summed E-state index contributed by atoms with van der Waals surface area (Å²) in [7, 11) is 1.87. The summed E-state index contributed by atoms with van der Waals surface area (Å²) in [6, 6.07) is 8.03. The summed E-state index contributed by atoms with van der Waals surface area (Å²) in [5.74, 6) is 0.0817. The van der Waals surface area contributed by atoms with Gasteiger partial charge in [0.1, 0.15) is 0 Å². The molecule has 3 aromatic rings. The number of fused-ring (bicyclic) bond motifs is 1. The molecule has 1 aliphatic rings. The molecule has 158 valence electrons. The minimum Gasteiger partial charge on any atom is -0.361 e. The van der Waals surface area contributed by atoms with E-state index in [9.17, 15) is 9.59 Å². The Balaban J connectivity index is 1.28. The molecule has 0 bridgehead atoms. The van der Waals surface area contributed by atoms with E-state index in [-0.39, 0.29) is 11.8 Å². The minimum atomic E-state index is -0.0484. The average molecular weight is 409 g/mol. The van der Waals surface area contributed by atoms with Crippen molar-refractivity contribution in [3.63, 3.8) is 0 Å². The number of para-hydroxylation sites is 1. The molecule has 8 heteroatoms. The van der Waals surface area contributed by atoms with E-state index >= 15 is 0 Å². The van der Waals surface area contributed by atoms with Crippen LogP contribution in [-0.2, 0) is 23.1 Å². The highest BCUT2D eigenvalue weighted by atomic mass is 16.2. The Hall–Kier alpha value is -3.13. The molecule has 2 amide bonds. The second-order valence-corrected chi connectivity index (χ2v) is 7.91. The van der Waals surface area contributed by atoms with Gasteiger partial charge in [-0.25, -0.2) is 0 Å². The van der Waals surface area contributed by atoms with Gasteiger partial charge in [0.2, 0.25) is 11.8 Å². The van der Waals surface area contributed by atoms with Gasteiger partial charge in [0.15, 0.2) is 0 Å². The highest BCUT2D eigenvalue weighted by molar-refractivity contribution is 5.93. The SMILES string of the molecule is Cc1nn(C)c(C)c1NC(=O)CN1CCN(C(=O)Cc2c[nH]c3ccccc23)CC1. The van der Waals surface area contributed by atoms with Gasteiger partial charge < -0.3 is 15.2 Å². The monoisotopic (exact) mass is 408 g/mol. The van der Waals surface area contributed by atoms with E-state index in [0.29, 0.717) is 39.1 Å². The number of amides is 2. The topological polar surface area (TPSA) is 86.3 Å². The highest BCUT2D eigenvalue weighted by Gasteiger charge is 2.23. The fraction of sp³-hybridized carbons (Fsp3) is 0.409. The van der Waals surface area contributed by atoms with Gasteiger partial charge in [-0.2, -0.15) is 5.10 Å². The number of piperazine rings is 1. The number of carbonyl (C=O) groups is 2. The van der Waals surface area contributed by atoms with Crippen molar-refractivity contribution < 1.29 is 9.59 Å². The van der Waals surface area contributed by atoms with Crippen LogP contribution in [0.25, 0.3) is 10.9 Å². The maximum atomic E-state index is 12.8. The quantitative estimate of drug-likeness (QED) is 0.675. The van der Waals surface area contributed by atoms with Crippen LogP contribution in [0.3, 0.4) is 0 Å². The molecule has 1 aliphatic heterocycles. The van der Waals surface area contributed by atoms with E-state index in [4.69, 9.17) is 0 Å². The predicted molar refractivity (Wildman–Crippen MR) is 116 cm³/mol. The third kappa shape index (κ3) is 4.09. The lowest BCUT2D eigenvalue weighted by Crippen LogP contribution is -2.50. The maximum absolute atomic E-state index is 12.8. The molecule has 0 saturated carbocycles. The van der Waals surface area contributed by atoms with Crippen LogP contribution in [0.15, 0.2) is 30.5 Å². The number of aryl methyl sites for hydroxylation is 2. The van der Waals surface area contributed by atoms with E-state index in [2.05, 4.69) is 20.3 Å². The second-order valence-electron chi connectivity index (χ2n) is 7.91. The zero-order chi connectivity index (χ0) is 21.3. The summed E-state index contributed by atoms with van der Waals surface area (Å²) < 4.78 is 1.77. The van der Waals surface area contributed by atoms with Crippen molar-refractivity contribution in [3.8, 4) is 0 Å². The van der Waals surface area contributed by atoms with Gasteiger partial charge in [-0.3, -0.25) is 19.2 Å². The third-order valence-electron chi connectivity index (χ3n) is 5.88. The first-order chi connectivity index (χ1) is 14.4. The van der Waals surface area contributed by atoms with E-state index in [0.717, 1.165) is 33.5 Å². The number of benzene rings is 1. The summed E-state index contributed by atoms with van der Waals surface area (Å²) in [5, 5.41) is 8.41. The number of hydrogen-bond donors (Lipinski definition) is 2. The first-order valence-corrected chi connectivity index (χ1v) is 10.3. The molecule has 30 heavy (non-hydrogen) atoms. The zero-order valence-electron chi connectivity index (χ0n) is 17.7. The van der Waals surface area contributed by atoms with Gasteiger partial charge in [-0.05, 0) is 25.5 Å². The molecular weight excluding hydrogens is 380 g/mol. The molecule has 1 saturated heterocycles. The van der Waals surface area contributed by atoms with Gasteiger partial charge in [0, 0.05) is 50.3 Å². The molecular formula is C22H28N6O2. The van der Waals surface area contributed by atoms with Crippen molar-refractivity contribution in [1.82, 2.24) is 24.6 Å². The maximum Gasteiger partial charge on any atom is 0.238 e. The molecule has 0 aliphatic carbocycles. The first-order valence-electron chi connectivity index (χ1n) is 10.3. The number of rotatable bonds is 5. The van der Waals surface area contributed by atoms with Crippen LogP contribution in [0.1, 0.15) is 17.0 Å². The summed E-state index contributed by atoms with van der Waals surface area (Å²) >= 11 is 0. The van der Waals surface area contributed by atoms with Gasteiger partial charge in [-0.15, -0.1) is 0 Å². The minimum absolute atomic E-state index is 0.0484. The Morgan fingerprint density at radius 2 is 1.87 bits per heavy atom. The number of anilines is 1. The van der Waals surface area contributed by atoms with Crippen molar-refractivity contribution in [2.24, 2.45) is 7.05 Å². The van der Waals surface area contributed by atoms with Gasteiger partial charge in [0.05, 0.1) is 30.0 Å². The van der Waals surface area contributed by atoms with E-state index in [1.165, 1.54) is 0 Å². The lowest BCUT2D eigenvalue weighted by atomic mass is 10.1. The summed E-state index contributed by atoms with van der Waals surface area (Å²) in [4.78, 5) is 32.4. The molecule has 1 aromatic carbocycles. The predicted octanol–water partition coefficient (Wildman–Crippen LogP) is 1.84. The van der Waals surface area contributed by atoms with E-state index in [1.807, 2.05) is 56.3 Å². The van der Waals surface area contributed by atoms with Gasteiger partial charge >= 0.3 is 0 Å². The van der Waals surface area contributed by atoms with Crippen LogP contribution in [0.4, 0.5) is 5.69 Å². The van der Waals surface area contributed by atoms with Crippen molar-refractivity contribution in [2.45, 2.75) is 20.3 Å². The Morgan fingerprint density at radius 3 is 2.57 bits per heavy atom. The Labute approximate surface area is 175 Å². The number of carbonyl (C=O) groups excluding carboxylic acids is 2. The Kier molecular flexibility index (Phi) is 5.59. The molecule has 0 spiro atoms. The zero-order valence-corrected chi connectivity index (χ0v) is 17.7. The second kappa shape index (κ2) is 8.31. The fourth-order valence-corrected chi connectivity index (χ4v) is 4.04. The average Bonchev–Trinajstić information content (AvgIpc) is 3.24. The number of hydrogen-bond acceptors (Lipinski definition) is 4. The van der Waals surface area contributed by atoms with Crippen molar-refractivity contribution in [2.75, 3.05) is 38.0 Å². The van der Waals surface area contributed by atoms with Crippen molar-refractivity contribution in [1.29, 1.82) is 0 Å². The van der Waals surface area contributed by atoms with Crippen LogP contribution in [0, 0.1) is 13.8 Å². The number of nitrogens with zero attached hydrogens (tertiary/aromatic N) is 4. The van der Waals surface area contributed by atoms with E-state index < -0.39 is 0 Å². The molecule has 1 fully saturated rings. The van der Waals surface area contributed by atoms with Crippen molar-refractivity contribution in [3.05, 3.63) is 47.4 Å². The van der Waals surface area contributed by atoms with Crippen LogP contribution in [0.2, 0.25) is 0 Å². The largest absolute Gasteiger partial charge is 0.361 e. The smallest absolute Gasteiger partial charge is 0.238 e. The van der Waals surface area contributed by atoms with Crippen LogP contribution in [-0.4, -0.2) is 69.1 Å².